The third kappa shape index (κ3) is 4.12. The summed E-state index contributed by atoms with van der Waals surface area (Å²) < 4.78 is 5.65. The first-order valence-corrected chi connectivity index (χ1v) is 7.66. The lowest BCUT2D eigenvalue weighted by Gasteiger charge is -2.16. The largest absolute Gasteiger partial charge is 0.480 e. The standard InChI is InChI=1S/C16H17ClN2O5/c1-9(2)15(16(20)21)18-8-11-4-6-14(24-11)12-5-3-10(19(22)23)7-13(12)17/h3-7,9,15,18H,8H2,1-2H3,(H,20,21)/t15-/m0/s1. The number of carbonyl (C=O) groups is 1. The number of furan rings is 1. The first-order valence-electron chi connectivity index (χ1n) is 7.28. The van der Waals surface area contributed by atoms with Gasteiger partial charge in [0.2, 0.25) is 0 Å². The zero-order chi connectivity index (χ0) is 17.9. The van der Waals surface area contributed by atoms with Crippen molar-refractivity contribution in [2.45, 2.75) is 26.4 Å². The van der Waals surface area contributed by atoms with E-state index in [4.69, 9.17) is 21.1 Å². The van der Waals surface area contributed by atoms with Crippen molar-refractivity contribution >= 4 is 23.3 Å². The second-order valence-electron chi connectivity index (χ2n) is 5.63. The maximum atomic E-state index is 11.2. The topological polar surface area (TPSA) is 106 Å². The zero-order valence-corrected chi connectivity index (χ0v) is 13.9. The third-order valence-electron chi connectivity index (χ3n) is 3.52. The number of nitrogens with zero attached hydrogens (tertiary/aromatic N) is 1. The van der Waals surface area contributed by atoms with Crippen LogP contribution < -0.4 is 5.32 Å². The third-order valence-corrected chi connectivity index (χ3v) is 3.83. The zero-order valence-electron chi connectivity index (χ0n) is 13.2. The number of carboxylic acids is 1. The molecule has 0 aliphatic heterocycles. The van der Waals surface area contributed by atoms with Gasteiger partial charge in [-0.3, -0.25) is 20.2 Å². The van der Waals surface area contributed by atoms with Crippen LogP contribution in [-0.2, 0) is 11.3 Å². The van der Waals surface area contributed by atoms with E-state index in [0.29, 0.717) is 17.1 Å². The molecule has 2 N–H and O–H groups in total. The van der Waals surface area contributed by atoms with Crippen molar-refractivity contribution in [3.8, 4) is 11.3 Å². The molecule has 0 aliphatic carbocycles. The number of hydrogen-bond donors (Lipinski definition) is 2. The number of non-ortho nitro benzene ring substituents is 1. The van der Waals surface area contributed by atoms with Crippen molar-refractivity contribution in [2.24, 2.45) is 5.92 Å². The molecule has 0 saturated heterocycles. The van der Waals surface area contributed by atoms with Crippen LogP contribution in [-0.4, -0.2) is 22.0 Å². The van der Waals surface area contributed by atoms with Crippen LogP contribution in [0, 0.1) is 16.0 Å². The number of carboxylic acid groups (broad SMARTS) is 1. The van der Waals surface area contributed by atoms with Gasteiger partial charge in [0.15, 0.2) is 0 Å². The summed E-state index contributed by atoms with van der Waals surface area (Å²) in [6, 6.07) is 6.85. The highest BCUT2D eigenvalue weighted by Gasteiger charge is 2.21. The number of rotatable bonds is 7. The summed E-state index contributed by atoms with van der Waals surface area (Å²) in [6.45, 7) is 3.88. The van der Waals surface area contributed by atoms with E-state index in [1.165, 1.54) is 18.2 Å². The van der Waals surface area contributed by atoms with Crippen LogP contribution in [0.1, 0.15) is 19.6 Å². The molecule has 7 nitrogen and oxygen atoms in total. The molecule has 0 unspecified atom stereocenters. The van der Waals surface area contributed by atoms with E-state index in [1.54, 1.807) is 12.1 Å². The van der Waals surface area contributed by atoms with Gasteiger partial charge in [-0.2, -0.15) is 0 Å². The van der Waals surface area contributed by atoms with Crippen molar-refractivity contribution in [3.63, 3.8) is 0 Å². The highest BCUT2D eigenvalue weighted by atomic mass is 35.5. The normalized spacial score (nSPS) is 12.3. The Kier molecular flexibility index (Phi) is 5.58. The SMILES string of the molecule is CC(C)[C@H](NCc1ccc(-c2ccc([N+](=O)[O-])cc2Cl)o1)C(=O)O. The molecule has 0 spiro atoms. The highest BCUT2D eigenvalue weighted by Crippen LogP contribution is 2.32. The monoisotopic (exact) mass is 352 g/mol. The average Bonchev–Trinajstić information content (AvgIpc) is 2.95. The summed E-state index contributed by atoms with van der Waals surface area (Å²) in [6.07, 6.45) is 0. The van der Waals surface area contributed by atoms with Gasteiger partial charge in [0.05, 0.1) is 16.5 Å². The fourth-order valence-corrected chi connectivity index (χ4v) is 2.52. The van der Waals surface area contributed by atoms with E-state index < -0.39 is 16.9 Å². The van der Waals surface area contributed by atoms with Crippen molar-refractivity contribution in [1.29, 1.82) is 0 Å². The van der Waals surface area contributed by atoms with Gasteiger partial charge in [-0.1, -0.05) is 25.4 Å². The van der Waals surface area contributed by atoms with Crippen molar-refractivity contribution < 1.29 is 19.2 Å². The van der Waals surface area contributed by atoms with E-state index in [2.05, 4.69) is 5.32 Å². The molecule has 8 heteroatoms. The second kappa shape index (κ2) is 7.46. The first-order chi connectivity index (χ1) is 11.3. The molecule has 2 aromatic rings. The quantitative estimate of drug-likeness (QED) is 0.581. The van der Waals surface area contributed by atoms with Crippen molar-refractivity contribution in [3.05, 3.63) is 51.2 Å². The summed E-state index contributed by atoms with van der Waals surface area (Å²) in [5.41, 5.74) is 0.436. The Morgan fingerprint density at radius 2 is 2.08 bits per heavy atom. The van der Waals surface area contributed by atoms with Crippen LogP contribution in [0.4, 0.5) is 5.69 Å². The Balaban J connectivity index is 2.13. The molecule has 1 atom stereocenters. The predicted octanol–water partition coefficient (Wildman–Crippen LogP) is 3.71. The Morgan fingerprint density at radius 1 is 1.38 bits per heavy atom. The number of aliphatic carboxylic acids is 1. The van der Waals surface area contributed by atoms with E-state index in [0.717, 1.165) is 0 Å². The van der Waals surface area contributed by atoms with E-state index >= 15 is 0 Å². The average molecular weight is 353 g/mol. The summed E-state index contributed by atoms with van der Waals surface area (Å²) in [7, 11) is 0. The van der Waals surface area contributed by atoms with Crippen LogP contribution in [0.2, 0.25) is 5.02 Å². The summed E-state index contributed by atoms with van der Waals surface area (Å²) in [5.74, 6) is 0.0191. The molecule has 0 aliphatic rings. The van der Waals surface area contributed by atoms with Crippen LogP contribution >= 0.6 is 11.6 Å². The van der Waals surface area contributed by atoms with Gasteiger partial charge in [-0.25, -0.2) is 0 Å². The number of hydrogen-bond acceptors (Lipinski definition) is 5. The van der Waals surface area contributed by atoms with Crippen molar-refractivity contribution in [1.82, 2.24) is 5.32 Å². The van der Waals surface area contributed by atoms with Gasteiger partial charge in [0.25, 0.3) is 5.69 Å². The molecule has 0 saturated carbocycles. The molecule has 2 rings (SSSR count). The number of nitrogens with one attached hydrogen (secondary N) is 1. The lowest BCUT2D eigenvalue weighted by atomic mass is 10.1. The fourth-order valence-electron chi connectivity index (χ4n) is 2.25. The summed E-state index contributed by atoms with van der Waals surface area (Å²) in [5, 5.41) is 23.0. The maximum Gasteiger partial charge on any atom is 0.320 e. The first kappa shape index (κ1) is 18.0. The van der Waals surface area contributed by atoms with Gasteiger partial charge >= 0.3 is 5.97 Å². The minimum Gasteiger partial charge on any atom is -0.480 e. The molecular weight excluding hydrogens is 336 g/mol. The molecule has 0 fully saturated rings. The molecule has 24 heavy (non-hydrogen) atoms. The number of nitro groups is 1. The van der Waals surface area contributed by atoms with E-state index in [-0.39, 0.29) is 23.2 Å². The number of nitro benzene ring substituents is 1. The Bertz CT molecular complexity index is 757. The van der Waals surface area contributed by atoms with Crippen LogP contribution in [0.15, 0.2) is 34.7 Å². The molecular formula is C16H17ClN2O5. The predicted molar refractivity (Wildman–Crippen MR) is 88.9 cm³/mol. The Hall–Kier alpha value is -2.38. The molecule has 1 aromatic carbocycles. The maximum absolute atomic E-state index is 11.2. The van der Waals surface area contributed by atoms with Gasteiger partial charge < -0.3 is 9.52 Å². The summed E-state index contributed by atoms with van der Waals surface area (Å²) in [4.78, 5) is 21.4. The minimum atomic E-state index is -0.921. The lowest BCUT2D eigenvalue weighted by Crippen LogP contribution is -2.40. The highest BCUT2D eigenvalue weighted by molar-refractivity contribution is 6.33. The molecule has 128 valence electrons. The van der Waals surface area contributed by atoms with Crippen LogP contribution in [0.25, 0.3) is 11.3 Å². The lowest BCUT2D eigenvalue weighted by molar-refractivity contribution is -0.384. The van der Waals surface area contributed by atoms with Crippen molar-refractivity contribution in [2.75, 3.05) is 0 Å². The van der Waals surface area contributed by atoms with E-state index in [1.807, 2.05) is 13.8 Å². The van der Waals surface area contributed by atoms with Crippen LogP contribution in [0.5, 0.6) is 0 Å². The van der Waals surface area contributed by atoms with Gasteiger partial charge in [0, 0.05) is 17.7 Å². The van der Waals surface area contributed by atoms with E-state index in [9.17, 15) is 14.9 Å². The fraction of sp³-hybridized carbons (Fsp3) is 0.312. The van der Waals surface area contributed by atoms with Crippen LogP contribution in [0.3, 0.4) is 0 Å². The molecule has 1 aromatic heterocycles. The summed E-state index contributed by atoms with van der Waals surface area (Å²) >= 11 is 6.07. The molecule has 0 bridgehead atoms. The molecule has 0 radical (unpaired) electrons. The van der Waals surface area contributed by atoms with Gasteiger partial charge in [-0.05, 0) is 24.1 Å². The second-order valence-corrected chi connectivity index (χ2v) is 6.04. The Morgan fingerprint density at radius 3 is 2.62 bits per heavy atom. The minimum absolute atomic E-state index is 0.0685. The van der Waals surface area contributed by atoms with Gasteiger partial charge in [-0.15, -0.1) is 0 Å². The number of halogens is 1. The molecule has 1 heterocycles. The number of benzene rings is 1. The van der Waals surface area contributed by atoms with Gasteiger partial charge in [0.1, 0.15) is 17.6 Å². The smallest absolute Gasteiger partial charge is 0.320 e. The Labute approximate surface area is 143 Å². The molecule has 0 amide bonds.